The Hall–Kier alpha value is -1.85. The van der Waals surface area contributed by atoms with E-state index in [9.17, 15) is 9.59 Å². The average molecular weight is 252 g/mol. The maximum atomic E-state index is 11.8. The molecule has 1 fully saturated rings. The Balaban J connectivity index is 1.88. The van der Waals surface area contributed by atoms with E-state index in [4.69, 9.17) is 9.26 Å². The summed E-state index contributed by atoms with van der Waals surface area (Å²) in [7, 11) is 1.38. The van der Waals surface area contributed by atoms with Crippen LogP contribution in [0.5, 0.6) is 0 Å². The molecule has 2 rings (SSSR count). The second-order valence-electron chi connectivity index (χ2n) is 4.53. The Morgan fingerprint density at radius 3 is 2.89 bits per heavy atom. The van der Waals surface area contributed by atoms with Gasteiger partial charge in [0.25, 0.3) is 5.91 Å². The van der Waals surface area contributed by atoms with E-state index in [0.29, 0.717) is 12.2 Å². The van der Waals surface area contributed by atoms with Crippen LogP contribution in [0.1, 0.15) is 35.5 Å². The first-order chi connectivity index (χ1) is 8.60. The first-order valence-electron chi connectivity index (χ1n) is 5.92. The zero-order chi connectivity index (χ0) is 13.1. The van der Waals surface area contributed by atoms with E-state index < -0.39 is 0 Å². The zero-order valence-electron chi connectivity index (χ0n) is 10.4. The Kier molecular flexibility index (Phi) is 3.64. The summed E-state index contributed by atoms with van der Waals surface area (Å²) in [5.74, 6) is 0.0183. The Bertz CT molecular complexity index is 455. The molecule has 0 radical (unpaired) electrons. The van der Waals surface area contributed by atoms with Crippen LogP contribution in [0.15, 0.2) is 10.6 Å². The molecule has 6 heteroatoms. The predicted molar refractivity (Wildman–Crippen MR) is 61.9 cm³/mol. The minimum atomic E-state index is -0.262. The molecule has 18 heavy (non-hydrogen) atoms. The fourth-order valence-electron chi connectivity index (χ4n) is 2.23. The smallest absolute Gasteiger partial charge is 0.308 e. The third kappa shape index (κ3) is 2.69. The van der Waals surface area contributed by atoms with Crippen molar-refractivity contribution in [3.8, 4) is 0 Å². The van der Waals surface area contributed by atoms with E-state index in [2.05, 4.69) is 10.5 Å². The first-order valence-corrected chi connectivity index (χ1v) is 5.92. The SMILES string of the molecule is COC(=O)[C@H]1CC[C@@H](NC(=O)c2cc(C)on2)C1. The summed E-state index contributed by atoms with van der Waals surface area (Å²) in [6.45, 7) is 1.73. The summed E-state index contributed by atoms with van der Waals surface area (Å²) in [4.78, 5) is 23.2. The third-order valence-electron chi connectivity index (χ3n) is 3.16. The van der Waals surface area contributed by atoms with Crippen molar-refractivity contribution in [1.82, 2.24) is 10.5 Å². The second kappa shape index (κ2) is 5.20. The van der Waals surface area contributed by atoms with Gasteiger partial charge in [0.05, 0.1) is 13.0 Å². The van der Waals surface area contributed by atoms with Crippen molar-refractivity contribution in [2.75, 3.05) is 7.11 Å². The number of hydrogen-bond acceptors (Lipinski definition) is 5. The molecule has 0 spiro atoms. The van der Waals surface area contributed by atoms with Gasteiger partial charge in [-0.2, -0.15) is 0 Å². The van der Waals surface area contributed by atoms with Gasteiger partial charge in [0, 0.05) is 12.1 Å². The van der Waals surface area contributed by atoms with Gasteiger partial charge in [-0.15, -0.1) is 0 Å². The van der Waals surface area contributed by atoms with Crippen molar-refractivity contribution in [3.05, 3.63) is 17.5 Å². The van der Waals surface area contributed by atoms with Crippen LogP contribution in [-0.4, -0.2) is 30.2 Å². The summed E-state index contributed by atoms with van der Waals surface area (Å²) in [5, 5.41) is 6.50. The van der Waals surface area contributed by atoms with Gasteiger partial charge < -0.3 is 14.6 Å². The zero-order valence-corrected chi connectivity index (χ0v) is 10.4. The van der Waals surface area contributed by atoms with Crippen molar-refractivity contribution in [1.29, 1.82) is 0 Å². The number of aromatic nitrogens is 1. The molecule has 1 saturated carbocycles. The lowest BCUT2D eigenvalue weighted by Gasteiger charge is -2.11. The Labute approximate surface area is 105 Å². The van der Waals surface area contributed by atoms with Crippen LogP contribution < -0.4 is 5.32 Å². The number of methoxy groups -OCH3 is 1. The second-order valence-corrected chi connectivity index (χ2v) is 4.53. The van der Waals surface area contributed by atoms with Gasteiger partial charge in [0.15, 0.2) is 5.69 Å². The van der Waals surface area contributed by atoms with Crippen LogP contribution in [0.3, 0.4) is 0 Å². The lowest BCUT2D eigenvalue weighted by Crippen LogP contribution is -2.33. The molecule has 6 nitrogen and oxygen atoms in total. The van der Waals surface area contributed by atoms with Crippen molar-refractivity contribution in [3.63, 3.8) is 0 Å². The fraction of sp³-hybridized carbons (Fsp3) is 0.583. The van der Waals surface area contributed by atoms with Crippen molar-refractivity contribution < 1.29 is 18.8 Å². The van der Waals surface area contributed by atoms with Crippen molar-refractivity contribution in [2.45, 2.75) is 32.2 Å². The van der Waals surface area contributed by atoms with E-state index in [1.165, 1.54) is 7.11 Å². The lowest BCUT2D eigenvalue weighted by molar-refractivity contribution is -0.145. The van der Waals surface area contributed by atoms with Gasteiger partial charge in [-0.1, -0.05) is 5.16 Å². The van der Waals surface area contributed by atoms with E-state index in [0.717, 1.165) is 12.8 Å². The molecule has 1 aliphatic carbocycles. The van der Waals surface area contributed by atoms with Gasteiger partial charge in [0.2, 0.25) is 0 Å². The number of hydrogen-bond donors (Lipinski definition) is 1. The van der Waals surface area contributed by atoms with Crippen molar-refractivity contribution >= 4 is 11.9 Å². The summed E-state index contributed by atoms with van der Waals surface area (Å²) in [6.07, 6.45) is 2.15. The maximum absolute atomic E-state index is 11.8. The van der Waals surface area contributed by atoms with Gasteiger partial charge >= 0.3 is 5.97 Å². The summed E-state index contributed by atoms with van der Waals surface area (Å²) in [6, 6.07) is 1.58. The molecule has 1 N–H and O–H groups in total. The Morgan fingerprint density at radius 1 is 1.50 bits per heavy atom. The molecule has 2 atom stereocenters. The van der Waals surface area contributed by atoms with E-state index in [-0.39, 0.29) is 29.5 Å². The molecule has 0 aliphatic heterocycles. The number of aryl methyl sites for hydroxylation is 1. The van der Waals surface area contributed by atoms with Gasteiger partial charge in [-0.05, 0) is 26.2 Å². The molecule has 1 aliphatic rings. The summed E-state index contributed by atoms with van der Waals surface area (Å²) >= 11 is 0. The first kappa shape index (κ1) is 12.6. The van der Waals surface area contributed by atoms with Gasteiger partial charge in [-0.3, -0.25) is 9.59 Å². The molecular formula is C12H16N2O4. The molecule has 98 valence electrons. The highest BCUT2D eigenvalue weighted by Gasteiger charge is 2.31. The van der Waals surface area contributed by atoms with Crippen LogP contribution in [0.4, 0.5) is 0 Å². The minimum Gasteiger partial charge on any atom is -0.469 e. The summed E-state index contributed by atoms with van der Waals surface area (Å²) in [5.41, 5.74) is 0.272. The van der Waals surface area contributed by atoms with Crippen LogP contribution in [0.25, 0.3) is 0 Å². The Morgan fingerprint density at radius 2 is 2.28 bits per heavy atom. The van der Waals surface area contributed by atoms with Crippen LogP contribution in [-0.2, 0) is 9.53 Å². The molecule has 0 unspecified atom stereocenters. The number of ether oxygens (including phenoxy) is 1. The lowest BCUT2D eigenvalue weighted by atomic mass is 10.1. The number of rotatable bonds is 3. The highest BCUT2D eigenvalue weighted by Crippen LogP contribution is 2.26. The molecule has 1 aromatic rings. The monoisotopic (exact) mass is 252 g/mol. The van der Waals surface area contributed by atoms with Crippen molar-refractivity contribution in [2.24, 2.45) is 5.92 Å². The normalized spacial score (nSPS) is 22.8. The fourth-order valence-corrected chi connectivity index (χ4v) is 2.23. The molecular weight excluding hydrogens is 236 g/mol. The molecule has 0 saturated heterocycles. The average Bonchev–Trinajstić information content (AvgIpc) is 2.97. The third-order valence-corrected chi connectivity index (χ3v) is 3.16. The number of nitrogens with one attached hydrogen (secondary N) is 1. The van der Waals surface area contributed by atoms with E-state index in [1.54, 1.807) is 13.0 Å². The highest BCUT2D eigenvalue weighted by atomic mass is 16.5. The standard InChI is InChI=1S/C12H16N2O4/c1-7-5-10(14-18-7)11(15)13-9-4-3-8(6-9)12(16)17-2/h5,8-9H,3-4,6H2,1-2H3,(H,13,15)/t8-,9+/m0/s1. The predicted octanol–water partition coefficient (Wildman–Crippen LogP) is 1.05. The highest BCUT2D eigenvalue weighted by molar-refractivity contribution is 5.92. The molecule has 0 bridgehead atoms. The molecule has 0 aromatic carbocycles. The molecule has 1 aromatic heterocycles. The van der Waals surface area contributed by atoms with Crippen LogP contribution in [0, 0.1) is 12.8 Å². The quantitative estimate of drug-likeness (QED) is 0.813. The van der Waals surface area contributed by atoms with Crippen LogP contribution >= 0.6 is 0 Å². The van der Waals surface area contributed by atoms with E-state index >= 15 is 0 Å². The topological polar surface area (TPSA) is 81.4 Å². The van der Waals surface area contributed by atoms with Gasteiger partial charge in [-0.25, -0.2) is 0 Å². The maximum Gasteiger partial charge on any atom is 0.308 e. The van der Waals surface area contributed by atoms with E-state index in [1.807, 2.05) is 0 Å². The summed E-state index contributed by atoms with van der Waals surface area (Å²) < 4.78 is 9.54. The number of nitrogens with zero attached hydrogens (tertiary/aromatic N) is 1. The largest absolute Gasteiger partial charge is 0.469 e. The molecule has 1 amide bonds. The number of carbonyl (C=O) groups excluding carboxylic acids is 2. The number of carbonyl (C=O) groups is 2. The molecule has 1 heterocycles. The van der Waals surface area contributed by atoms with Crippen LogP contribution in [0.2, 0.25) is 0 Å². The minimum absolute atomic E-state index is 0.00129. The van der Waals surface area contributed by atoms with Gasteiger partial charge in [0.1, 0.15) is 5.76 Å². The number of amides is 1. The number of esters is 1.